The van der Waals surface area contributed by atoms with Crippen molar-refractivity contribution in [2.24, 2.45) is 5.92 Å². The van der Waals surface area contributed by atoms with Crippen LogP contribution in [0.2, 0.25) is 5.02 Å². The van der Waals surface area contributed by atoms with Crippen LogP contribution in [0.5, 0.6) is 0 Å². The van der Waals surface area contributed by atoms with Crippen molar-refractivity contribution in [3.8, 4) is 0 Å². The van der Waals surface area contributed by atoms with E-state index in [4.69, 9.17) is 11.6 Å². The van der Waals surface area contributed by atoms with E-state index in [1.165, 1.54) is 4.90 Å². The number of aromatic nitrogens is 1. The molecule has 0 N–H and O–H groups in total. The van der Waals surface area contributed by atoms with Gasteiger partial charge in [-0.1, -0.05) is 60.1 Å². The predicted molar refractivity (Wildman–Crippen MR) is 105 cm³/mol. The quantitative estimate of drug-likeness (QED) is 0.385. The molecule has 6 heteroatoms. The molecule has 28 heavy (non-hydrogen) atoms. The summed E-state index contributed by atoms with van der Waals surface area (Å²) in [7, 11) is 0. The van der Waals surface area contributed by atoms with Gasteiger partial charge in [0, 0.05) is 16.8 Å². The number of hydrogen-bond donors (Lipinski definition) is 0. The molecule has 3 aromatic rings. The summed E-state index contributed by atoms with van der Waals surface area (Å²) < 4.78 is 0. The molecule has 0 aliphatic carbocycles. The van der Waals surface area contributed by atoms with Gasteiger partial charge in [0.1, 0.15) is 11.7 Å². The lowest BCUT2D eigenvalue weighted by molar-refractivity contribution is -0.135. The number of nitrogens with zero attached hydrogens (tertiary/aromatic N) is 2. The first kappa shape index (κ1) is 18.1. The van der Waals surface area contributed by atoms with Gasteiger partial charge in [-0.25, -0.2) is 4.98 Å². The van der Waals surface area contributed by atoms with E-state index in [0.717, 1.165) is 0 Å². The van der Waals surface area contributed by atoms with E-state index in [1.807, 2.05) is 0 Å². The summed E-state index contributed by atoms with van der Waals surface area (Å²) in [6.07, 6.45) is 1.54. The maximum atomic E-state index is 13.2. The van der Waals surface area contributed by atoms with Gasteiger partial charge >= 0.3 is 0 Å². The highest BCUT2D eigenvalue weighted by atomic mass is 35.5. The zero-order valence-corrected chi connectivity index (χ0v) is 15.4. The standard InChI is InChI=1S/C22H15ClN2O3/c23-16-11-9-14(10-12-16)19-18(20(26)15-6-2-1-3-7-15)21(27)22(28)25(19)17-8-4-5-13-24-17/h1-13,18-19H. The number of halogens is 1. The number of hydrogen-bond acceptors (Lipinski definition) is 4. The summed E-state index contributed by atoms with van der Waals surface area (Å²) in [5.41, 5.74) is 1.03. The first-order valence-corrected chi connectivity index (χ1v) is 9.09. The topological polar surface area (TPSA) is 67.3 Å². The Balaban J connectivity index is 1.86. The predicted octanol–water partition coefficient (Wildman–Crippen LogP) is 3.89. The van der Waals surface area contributed by atoms with Crippen molar-refractivity contribution in [3.63, 3.8) is 0 Å². The summed E-state index contributed by atoms with van der Waals surface area (Å²) in [6, 6.07) is 19.6. The fourth-order valence-corrected chi connectivity index (χ4v) is 3.59. The lowest BCUT2D eigenvalue weighted by atomic mass is 9.86. The van der Waals surface area contributed by atoms with Crippen LogP contribution >= 0.6 is 11.6 Å². The van der Waals surface area contributed by atoms with Gasteiger partial charge < -0.3 is 0 Å². The molecule has 2 aromatic carbocycles. The van der Waals surface area contributed by atoms with Crippen molar-refractivity contribution >= 4 is 34.9 Å². The minimum Gasteiger partial charge on any atom is -0.293 e. The van der Waals surface area contributed by atoms with Gasteiger partial charge in [0.25, 0.3) is 5.91 Å². The molecule has 1 saturated heterocycles. The van der Waals surface area contributed by atoms with Crippen LogP contribution in [0, 0.1) is 5.92 Å². The SMILES string of the molecule is O=C1C(=O)N(c2ccccn2)C(c2ccc(Cl)cc2)C1C(=O)c1ccccc1. The number of anilines is 1. The van der Waals surface area contributed by atoms with Gasteiger partial charge in [-0.15, -0.1) is 0 Å². The first-order chi connectivity index (χ1) is 13.6. The Morgan fingerprint density at radius 3 is 2.21 bits per heavy atom. The normalized spacial score (nSPS) is 19.1. The summed E-state index contributed by atoms with van der Waals surface area (Å²) >= 11 is 6.00. The maximum Gasteiger partial charge on any atom is 0.297 e. The maximum absolute atomic E-state index is 13.2. The lowest BCUT2D eigenvalue weighted by Gasteiger charge is -2.26. The minimum absolute atomic E-state index is 0.323. The third-order valence-electron chi connectivity index (χ3n) is 4.75. The molecule has 0 spiro atoms. The lowest BCUT2D eigenvalue weighted by Crippen LogP contribution is -2.31. The molecule has 1 amide bonds. The van der Waals surface area contributed by atoms with E-state index in [0.29, 0.717) is 22.0 Å². The molecule has 2 atom stereocenters. The average molecular weight is 391 g/mol. The van der Waals surface area contributed by atoms with Crippen LogP contribution in [0.4, 0.5) is 5.82 Å². The van der Waals surface area contributed by atoms with Crippen molar-refractivity contribution < 1.29 is 14.4 Å². The molecule has 5 nitrogen and oxygen atoms in total. The van der Waals surface area contributed by atoms with E-state index < -0.39 is 29.4 Å². The van der Waals surface area contributed by atoms with Gasteiger partial charge in [0.2, 0.25) is 5.78 Å². The fourth-order valence-electron chi connectivity index (χ4n) is 3.46. The van der Waals surface area contributed by atoms with Gasteiger partial charge in [-0.05, 0) is 29.8 Å². The van der Waals surface area contributed by atoms with Crippen LogP contribution in [0.25, 0.3) is 0 Å². The van der Waals surface area contributed by atoms with Crippen LogP contribution in [0.15, 0.2) is 79.0 Å². The number of rotatable bonds is 4. The summed E-state index contributed by atoms with van der Waals surface area (Å²) in [6.45, 7) is 0. The molecule has 1 fully saturated rings. The van der Waals surface area contributed by atoms with Gasteiger partial charge in [0.15, 0.2) is 5.78 Å². The van der Waals surface area contributed by atoms with E-state index in [1.54, 1.807) is 79.0 Å². The Bertz CT molecular complexity index is 1040. The zero-order valence-electron chi connectivity index (χ0n) is 14.7. The zero-order chi connectivity index (χ0) is 19.7. The Kier molecular flexibility index (Phi) is 4.75. The van der Waals surface area contributed by atoms with Crippen molar-refractivity contribution in [1.82, 2.24) is 4.98 Å². The second kappa shape index (κ2) is 7.37. The van der Waals surface area contributed by atoms with Crippen LogP contribution < -0.4 is 4.90 Å². The molecule has 2 unspecified atom stereocenters. The molecule has 1 aliphatic heterocycles. The molecule has 0 saturated carbocycles. The van der Waals surface area contributed by atoms with Gasteiger partial charge in [-0.2, -0.15) is 0 Å². The van der Waals surface area contributed by atoms with Crippen LogP contribution in [0.3, 0.4) is 0 Å². The third-order valence-corrected chi connectivity index (χ3v) is 5.01. The summed E-state index contributed by atoms with van der Waals surface area (Å²) in [5, 5.41) is 0.523. The molecule has 0 radical (unpaired) electrons. The molecule has 2 heterocycles. The number of carbonyl (C=O) groups is 3. The summed E-state index contributed by atoms with van der Waals surface area (Å²) in [5.74, 6) is -2.70. The number of benzene rings is 2. The van der Waals surface area contributed by atoms with Crippen LogP contribution in [-0.2, 0) is 9.59 Å². The molecule has 138 valence electrons. The van der Waals surface area contributed by atoms with Crippen molar-refractivity contribution in [1.29, 1.82) is 0 Å². The second-order valence-corrected chi connectivity index (χ2v) is 6.87. The van der Waals surface area contributed by atoms with Gasteiger partial charge in [0.05, 0.1) is 6.04 Å². The Hall–Kier alpha value is -3.31. The van der Waals surface area contributed by atoms with Crippen LogP contribution in [0.1, 0.15) is 22.0 Å². The first-order valence-electron chi connectivity index (χ1n) is 8.71. The van der Waals surface area contributed by atoms with Crippen LogP contribution in [-0.4, -0.2) is 22.5 Å². The molecular formula is C22H15ClN2O3. The highest BCUT2D eigenvalue weighted by Gasteiger charge is 2.52. The fraction of sp³-hybridized carbons (Fsp3) is 0.0909. The second-order valence-electron chi connectivity index (χ2n) is 6.43. The molecular weight excluding hydrogens is 376 g/mol. The van der Waals surface area contributed by atoms with Gasteiger partial charge in [-0.3, -0.25) is 19.3 Å². The number of pyridine rings is 1. The third kappa shape index (κ3) is 3.10. The Labute approximate surface area is 166 Å². The van der Waals surface area contributed by atoms with E-state index in [-0.39, 0.29) is 0 Å². The summed E-state index contributed by atoms with van der Waals surface area (Å²) in [4.78, 5) is 44.5. The van der Waals surface area contributed by atoms with E-state index >= 15 is 0 Å². The Morgan fingerprint density at radius 2 is 1.57 bits per heavy atom. The largest absolute Gasteiger partial charge is 0.297 e. The highest BCUT2D eigenvalue weighted by molar-refractivity contribution is 6.48. The van der Waals surface area contributed by atoms with Crippen molar-refractivity contribution in [3.05, 3.63) is 95.1 Å². The minimum atomic E-state index is -1.15. The van der Waals surface area contributed by atoms with Crippen molar-refractivity contribution in [2.75, 3.05) is 4.90 Å². The average Bonchev–Trinajstić information content (AvgIpc) is 3.00. The number of ketones is 2. The van der Waals surface area contributed by atoms with Crippen molar-refractivity contribution in [2.45, 2.75) is 6.04 Å². The monoisotopic (exact) mass is 390 g/mol. The molecule has 0 bridgehead atoms. The molecule has 4 rings (SSSR count). The number of amides is 1. The number of Topliss-reactive ketones (excluding diaryl/α,β-unsaturated/α-hetero) is 2. The molecule has 1 aromatic heterocycles. The Morgan fingerprint density at radius 1 is 0.893 bits per heavy atom. The highest BCUT2D eigenvalue weighted by Crippen LogP contribution is 2.40. The molecule has 1 aliphatic rings. The number of carbonyl (C=O) groups excluding carboxylic acids is 3. The van der Waals surface area contributed by atoms with E-state index in [2.05, 4.69) is 4.98 Å². The van der Waals surface area contributed by atoms with E-state index in [9.17, 15) is 14.4 Å². The smallest absolute Gasteiger partial charge is 0.293 e.